The Balaban J connectivity index is 1.44. The van der Waals surface area contributed by atoms with Crippen molar-refractivity contribution < 1.29 is 23.5 Å². The van der Waals surface area contributed by atoms with Crippen LogP contribution in [0.3, 0.4) is 0 Å². The van der Waals surface area contributed by atoms with Crippen LogP contribution in [-0.2, 0) is 27.3 Å². The number of carbonyl (C=O) groups is 1. The molecule has 6 heteroatoms. The topological polar surface area (TPSA) is 48.0 Å². The van der Waals surface area contributed by atoms with Crippen molar-refractivity contribution >= 4 is 16.9 Å². The Bertz CT molecular complexity index is 1420. The van der Waals surface area contributed by atoms with Crippen LogP contribution in [0, 0.1) is 11.7 Å². The number of benzene rings is 4. The number of hydrogen-bond acceptors (Lipinski definition) is 5. The second-order valence-corrected chi connectivity index (χ2v) is 11.5. The molecule has 1 heterocycles. The smallest absolute Gasteiger partial charge is 0.427 e. The number of hydrogen-bond donors (Lipinski definition) is 0. The number of piperidine rings is 1. The fraction of sp³-hybridized carbons (Fsp3) is 0.324. The Morgan fingerprint density at radius 2 is 1.55 bits per heavy atom. The van der Waals surface area contributed by atoms with Crippen molar-refractivity contribution in [2.75, 3.05) is 13.1 Å². The summed E-state index contributed by atoms with van der Waals surface area (Å²) in [6, 6.07) is 31.5. The average molecular weight is 542 g/mol. The van der Waals surface area contributed by atoms with Gasteiger partial charge in [0.1, 0.15) is 11.4 Å². The average Bonchev–Trinajstić information content (AvgIpc) is 2.92. The second-order valence-electron chi connectivity index (χ2n) is 11.5. The number of nitrogens with zero attached hydrogens (tertiary/aromatic N) is 1. The van der Waals surface area contributed by atoms with Gasteiger partial charge in [0.15, 0.2) is 0 Å². The van der Waals surface area contributed by atoms with Crippen molar-refractivity contribution in [2.45, 2.75) is 51.4 Å². The van der Waals surface area contributed by atoms with Gasteiger partial charge in [0.2, 0.25) is 0 Å². The highest BCUT2D eigenvalue weighted by atomic mass is 19.1. The molecule has 1 fully saturated rings. The first-order valence-electron chi connectivity index (χ1n) is 13.8. The van der Waals surface area contributed by atoms with Crippen LogP contribution in [0.4, 0.5) is 9.18 Å². The summed E-state index contributed by atoms with van der Waals surface area (Å²) in [5.41, 5.74) is 2.56. The molecule has 1 saturated heterocycles. The number of halogens is 1. The number of fused-ring (bicyclic) bond motifs is 1. The third kappa shape index (κ3) is 7.26. The van der Waals surface area contributed by atoms with Gasteiger partial charge in [-0.3, -0.25) is 0 Å². The maximum absolute atomic E-state index is 13.9. The first kappa shape index (κ1) is 27.8. The van der Waals surface area contributed by atoms with Gasteiger partial charge in [0.25, 0.3) is 0 Å². The summed E-state index contributed by atoms with van der Waals surface area (Å²) < 4.78 is 26.0. The van der Waals surface area contributed by atoms with E-state index in [2.05, 4.69) is 42.5 Å². The SMILES string of the molecule is CC(C)(C)OC(=O)ON1CC(Cc2ccccc2)C(c2ccc(F)cc2)C(OCc2ccc3ccccc3c2)C1. The Morgan fingerprint density at radius 1 is 0.850 bits per heavy atom. The van der Waals surface area contributed by atoms with Crippen LogP contribution in [-0.4, -0.2) is 36.0 Å². The van der Waals surface area contributed by atoms with Crippen LogP contribution in [0.25, 0.3) is 10.8 Å². The zero-order chi connectivity index (χ0) is 28.1. The fourth-order valence-corrected chi connectivity index (χ4v) is 5.48. The van der Waals surface area contributed by atoms with Crippen molar-refractivity contribution in [1.29, 1.82) is 0 Å². The summed E-state index contributed by atoms with van der Waals surface area (Å²) in [4.78, 5) is 18.3. The molecule has 208 valence electrons. The van der Waals surface area contributed by atoms with Gasteiger partial charge in [-0.2, -0.15) is 0 Å². The van der Waals surface area contributed by atoms with Gasteiger partial charge < -0.3 is 14.3 Å². The van der Waals surface area contributed by atoms with E-state index in [0.29, 0.717) is 19.7 Å². The molecule has 1 aliphatic rings. The molecule has 4 aromatic rings. The molecular weight excluding hydrogens is 505 g/mol. The molecule has 4 aromatic carbocycles. The summed E-state index contributed by atoms with van der Waals surface area (Å²) in [5, 5.41) is 3.99. The van der Waals surface area contributed by atoms with Crippen molar-refractivity contribution in [2.24, 2.45) is 5.92 Å². The lowest BCUT2D eigenvalue weighted by Crippen LogP contribution is -2.50. The highest BCUT2D eigenvalue weighted by Gasteiger charge is 2.40. The van der Waals surface area contributed by atoms with Crippen LogP contribution < -0.4 is 0 Å². The molecule has 0 aliphatic carbocycles. The molecule has 1 aliphatic heterocycles. The summed E-state index contributed by atoms with van der Waals surface area (Å²) in [6.45, 7) is 6.67. The maximum Gasteiger partial charge on any atom is 0.528 e. The minimum absolute atomic E-state index is 0.0330. The first-order chi connectivity index (χ1) is 19.2. The molecule has 0 amide bonds. The van der Waals surface area contributed by atoms with Crippen molar-refractivity contribution in [3.63, 3.8) is 0 Å². The Kier molecular flexibility index (Phi) is 8.48. The Labute approximate surface area is 235 Å². The molecule has 3 atom stereocenters. The van der Waals surface area contributed by atoms with E-state index < -0.39 is 11.8 Å². The fourth-order valence-electron chi connectivity index (χ4n) is 5.48. The molecule has 0 radical (unpaired) electrons. The predicted octanol–water partition coefficient (Wildman–Crippen LogP) is 7.69. The number of hydroxylamine groups is 2. The van der Waals surface area contributed by atoms with Crippen LogP contribution in [0.1, 0.15) is 43.4 Å². The minimum Gasteiger partial charge on any atom is -0.427 e. The van der Waals surface area contributed by atoms with E-state index in [9.17, 15) is 9.18 Å². The van der Waals surface area contributed by atoms with Gasteiger partial charge in [-0.1, -0.05) is 78.9 Å². The van der Waals surface area contributed by atoms with E-state index in [1.807, 2.05) is 63.2 Å². The summed E-state index contributed by atoms with van der Waals surface area (Å²) in [6.07, 6.45) is -0.311. The van der Waals surface area contributed by atoms with Crippen LogP contribution in [0.2, 0.25) is 0 Å². The monoisotopic (exact) mass is 541 g/mol. The lowest BCUT2D eigenvalue weighted by Gasteiger charge is -2.43. The van der Waals surface area contributed by atoms with Gasteiger partial charge >= 0.3 is 6.16 Å². The minimum atomic E-state index is -0.737. The van der Waals surface area contributed by atoms with Crippen LogP contribution >= 0.6 is 0 Å². The molecule has 40 heavy (non-hydrogen) atoms. The van der Waals surface area contributed by atoms with Crippen LogP contribution in [0.15, 0.2) is 97.1 Å². The van der Waals surface area contributed by atoms with Crippen molar-refractivity contribution in [1.82, 2.24) is 5.06 Å². The maximum atomic E-state index is 13.9. The molecule has 3 unspecified atom stereocenters. The Hall–Kier alpha value is -3.74. The summed E-state index contributed by atoms with van der Waals surface area (Å²) >= 11 is 0. The van der Waals surface area contributed by atoms with Gasteiger partial charge in [0, 0.05) is 12.5 Å². The third-order valence-electron chi connectivity index (χ3n) is 7.20. The quantitative estimate of drug-likeness (QED) is 0.225. The number of rotatable bonds is 7. The lowest BCUT2D eigenvalue weighted by atomic mass is 9.76. The van der Waals surface area contributed by atoms with E-state index in [1.54, 1.807) is 5.06 Å². The molecule has 0 bridgehead atoms. The van der Waals surface area contributed by atoms with Gasteiger partial charge in [-0.15, -0.1) is 5.06 Å². The van der Waals surface area contributed by atoms with E-state index in [-0.39, 0.29) is 23.8 Å². The van der Waals surface area contributed by atoms with Crippen molar-refractivity contribution in [3.05, 3.63) is 120 Å². The first-order valence-corrected chi connectivity index (χ1v) is 13.8. The highest BCUT2D eigenvalue weighted by Crippen LogP contribution is 2.38. The number of ether oxygens (including phenoxy) is 2. The van der Waals surface area contributed by atoms with Crippen LogP contribution in [0.5, 0.6) is 0 Å². The number of carbonyl (C=O) groups excluding carboxylic acids is 1. The standard InChI is InChI=1S/C34H36FNO4/c1-34(2,3)39-33(37)40-36-21-29(19-24-9-5-4-6-10-24)32(27-15-17-30(35)18-16-27)31(22-36)38-23-25-13-14-26-11-7-8-12-28(26)20-25/h4-18,20,29,31-32H,19,21-23H2,1-3H3. The normalized spacial score (nSPS) is 19.9. The summed E-state index contributed by atoms with van der Waals surface area (Å²) in [5.74, 6) is -0.284. The molecular formula is C34H36FNO4. The second kappa shape index (κ2) is 12.2. The van der Waals surface area contributed by atoms with E-state index in [0.717, 1.165) is 22.9 Å². The zero-order valence-electron chi connectivity index (χ0n) is 23.3. The molecule has 0 saturated carbocycles. The summed E-state index contributed by atoms with van der Waals surface area (Å²) in [7, 11) is 0. The van der Waals surface area contributed by atoms with Gasteiger partial charge in [0.05, 0.1) is 19.3 Å². The third-order valence-corrected chi connectivity index (χ3v) is 7.20. The molecule has 5 nitrogen and oxygen atoms in total. The molecule has 5 rings (SSSR count). The van der Waals surface area contributed by atoms with E-state index in [1.165, 1.54) is 23.1 Å². The zero-order valence-corrected chi connectivity index (χ0v) is 23.3. The van der Waals surface area contributed by atoms with Crippen molar-refractivity contribution in [3.8, 4) is 0 Å². The van der Waals surface area contributed by atoms with Gasteiger partial charge in [-0.05, 0) is 78.8 Å². The predicted molar refractivity (Wildman–Crippen MR) is 154 cm³/mol. The molecule has 0 N–H and O–H groups in total. The largest absolute Gasteiger partial charge is 0.528 e. The molecule has 0 aromatic heterocycles. The molecule has 0 spiro atoms. The highest BCUT2D eigenvalue weighted by molar-refractivity contribution is 5.82. The van der Waals surface area contributed by atoms with Gasteiger partial charge in [-0.25, -0.2) is 9.18 Å². The van der Waals surface area contributed by atoms with E-state index >= 15 is 0 Å². The Morgan fingerprint density at radius 3 is 2.27 bits per heavy atom. The van der Waals surface area contributed by atoms with E-state index in [4.69, 9.17) is 14.3 Å². The lowest BCUT2D eigenvalue weighted by molar-refractivity contribution is -0.191.